The lowest BCUT2D eigenvalue weighted by molar-refractivity contribution is 0.523. The van der Waals surface area contributed by atoms with Crippen molar-refractivity contribution in [3.05, 3.63) is 69.7 Å². The summed E-state index contributed by atoms with van der Waals surface area (Å²) in [6.07, 6.45) is 0.578. The van der Waals surface area contributed by atoms with E-state index in [0.29, 0.717) is 6.42 Å². The van der Waals surface area contributed by atoms with Crippen LogP contribution in [0.15, 0.2) is 36.4 Å². The third-order valence-electron chi connectivity index (χ3n) is 3.32. The molecule has 0 fully saturated rings. The molecule has 2 aromatic rings. The first-order chi connectivity index (χ1) is 9.51. The smallest absolute Gasteiger partial charge is 0.142 e. The minimum Gasteiger partial charge on any atom is -0.313 e. The molecular formula is C16H16ClF2N. The van der Waals surface area contributed by atoms with Gasteiger partial charge in [0.25, 0.3) is 0 Å². The van der Waals surface area contributed by atoms with E-state index in [0.717, 1.165) is 17.7 Å². The van der Waals surface area contributed by atoms with Crippen LogP contribution < -0.4 is 5.32 Å². The number of likely N-dealkylation sites (N-methyl/N-ethyl adjacent to an activating group) is 1. The van der Waals surface area contributed by atoms with Crippen LogP contribution in [0.4, 0.5) is 8.78 Å². The fourth-order valence-corrected chi connectivity index (χ4v) is 2.28. The standard InChI is InChI=1S/C16H16ClF2N/c1-10-3-5-11(6-4-10)7-16(20-2)12-8-15(19)13(17)9-14(12)18/h3-6,8-9,16,20H,7H2,1-2H3. The van der Waals surface area contributed by atoms with Gasteiger partial charge in [-0.3, -0.25) is 0 Å². The van der Waals surface area contributed by atoms with Gasteiger partial charge in [-0.2, -0.15) is 0 Å². The Hall–Kier alpha value is -1.45. The molecule has 0 aliphatic heterocycles. The minimum atomic E-state index is -0.604. The minimum absolute atomic E-state index is 0.198. The first kappa shape index (κ1) is 14.9. The number of halogens is 3. The van der Waals surface area contributed by atoms with Crippen molar-refractivity contribution in [3.8, 4) is 0 Å². The molecule has 4 heteroatoms. The lowest BCUT2D eigenvalue weighted by Gasteiger charge is -2.18. The molecule has 1 N–H and O–H groups in total. The number of benzene rings is 2. The van der Waals surface area contributed by atoms with E-state index in [-0.39, 0.29) is 16.6 Å². The van der Waals surface area contributed by atoms with E-state index in [1.54, 1.807) is 7.05 Å². The predicted octanol–water partition coefficient (Wildman–Crippen LogP) is 4.43. The van der Waals surface area contributed by atoms with Crippen molar-refractivity contribution >= 4 is 11.6 Å². The normalized spacial score (nSPS) is 12.4. The molecular weight excluding hydrogens is 280 g/mol. The molecule has 0 aromatic heterocycles. The van der Waals surface area contributed by atoms with Gasteiger partial charge >= 0.3 is 0 Å². The highest BCUT2D eigenvalue weighted by molar-refractivity contribution is 6.30. The van der Waals surface area contributed by atoms with E-state index in [9.17, 15) is 8.78 Å². The third kappa shape index (κ3) is 3.35. The first-order valence-electron chi connectivity index (χ1n) is 6.38. The molecule has 2 aromatic carbocycles. The summed E-state index contributed by atoms with van der Waals surface area (Å²) in [5.74, 6) is -1.10. The van der Waals surface area contributed by atoms with Gasteiger partial charge in [0.1, 0.15) is 11.6 Å². The molecule has 106 valence electrons. The predicted molar refractivity (Wildman–Crippen MR) is 78.1 cm³/mol. The molecule has 0 aliphatic carbocycles. The zero-order valence-electron chi connectivity index (χ0n) is 11.4. The molecule has 0 saturated carbocycles. The van der Waals surface area contributed by atoms with Crippen molar-refractivity contribution < 1.29 is 8.78 Å². The van der Waals surface area contributed by atoms with Crippen LogP contribution in [0.3, 0.4) is 0 Å². The molecule has 0 aliphatic rings. The Kier molecular flexibility index (Phi) is 4.73. The summed E-state index contributed by atoms with van der Waals surface area (Å²) in [7, 11) is 1.73. The number of rotatable bonds is 4. The molecule has 0 amide bonds. The van der Waals surface area contributed by atoms with Gasteiger partial charge in [0.15, 0.2) is 0 Å². The van der Waals surface area contributed by atoms with Gasteiger partial charge in [0.2, 0.25) is 0 Å². The molecule has 0 saturated heterocycles. The van der Waals surface area contributed by atoms with E-state index in [1.807, 2.05) is 31.2 Å². The molecule has 1 atom stereocenters. The molecule has 0 heterocycles. The first-order valence-corrected chi connectivity index (χ1v) is 6.76. The largest absolute Gasteiger partial charge is 0.313 e. The second-order valence-corrected chi connectivity index (χ2v) is 5.23. The van der Waals surface area contributed by atoms with Gasteiger partial charge in [-0.1, -0.05) is 41.4 Å². The number of hydrogen-bond acceptors (Lipinski definition) is 1. The highest BCUT2D eigenvalue weighted by atomic mass is 35.5. The average Bonchev–Trinajstić information content (AvgIpc) is 2.43. The SMILES string of the molecule is CNC(Cc1ccc(C)cc1)c1cc(F)c(Cl)cc1F. The highest BCUT2D eigenvalue weighted by Gasteiger charge is 2.17. The molecule has 20 heavy (non-hydrogen) atoms. The Morgan fingerprint density at radius 3 is 2.35 bits per heavy atom. The summed E-state index contributed by atoms with van der Waals surface area (Å²) in [4.78, 5) is 0. The van der Waals surface area contributed by atoms with Gasteiger partial charge in [-0.25, -0.2) is 8.78 Å². The second kappa shape index (κ2) is 6.33. The van der Waals surface area contributed by atoms with E-state index in [1.165, 1.54) is 5.56 Å². The number of aryl methyl sites for hydroxylation is 1. The molecule has 1 unspecified atom stereocenters. The second-order valence-electron chi connectivity index (χ2n) is 4.82. The van der Waals surface area contributed by atoms with E-state index >= 15 is 0 Å². The van der Waals surface area contributed by atoms with Crippen LogP contribution in [-0.4, -0.2) is 7.05 Å². The maximum Gasteiger partial charge on any atom is 0.142 e. The lowest BCUT2D eigenvalue weighted by Crippen LogP contribution is -2.20. The van der Waals surface area contributed by atoms with E-state index < -0.39 is 11.6 Å². The van der Waals surface area contributed by atoms with E-state index in [2.05, 4.69) is 5.32 Å². The average molecular weight is 296 g/mol. The summed E-state index contributed by atoms with van der Waals surface area (Å²) in [6.45, 7) is 2.01. The van der Waals surface area contributed by atoms with Gasteiger partial charge in [0.05, 0.1) is 5.02 Å². The fourth-order valence-electron chi connectivity index (χ4n) is 2.13. The third-order valence-corrected chi connectivity index (χ3v) is 3.61. The summed E-state index contributed by atoms with van der Waals surface area (Å²) >= 11 is 5.58. The number of hydrogen-bond donors (Lipinski definition) is 1. The van der Waals surface area contributed by atoms with Crippen LogP contribution in [0, 0.1) is 18.6 Å². The van der Waals surface area contributed by atoms with Crippen molar-refractivity contribution in [1.82, 2.24) is 5.32 Å². The molecule has 0 radical (unpaired) electrons. The Labute approximate surface area is 122 Å². The molecule has 2 rings (SSSR count). The van der Waals surface area contributed by atoms with Crippen LogP contribution in [0.2, 0.25) is 5.02 Å². The van der Waals surface area contributed by atoms with Crippen LogP contribution in [0.5, 0.6) is 0 Å². The van der Waals surface area contributed by atoms with Gasteiger partial charge in [0, 0.05) is 11.6 Å². The zero-order chi connectivity index (χ0) is 14.7. The van der Waals surface area contributed by atoms with Crippen molar-refractivity contribution in [2.45, 2.75) is 19.4 Å². The Balaban J connectivity index is 2.28. The quantitative estimate of drug-likeness (QED) is 0.823. The Bertz CT molecular complexity index is 596. The van der Waals surface area contributed by atoms with Crippen LogP contribution in [0.1, 0.15) is 22.7 Å². The van der Waals surface area contributed by atoms with Gasteiger partial charge in [-0.15, -0.1) is 0 Å². The number of nitrogens with one attached hydrogen (secondary N) is 1. The monoisotopic (exact) mass is 295 g/mol. The van der Waals surface area contributed by atoms with Crippen LogP contribution in [-0.2, 0) is 6.42 Å². The van der Waals surface area contributed by atoms with Gasteiger partial charge in [-0.05, 0) is 38.1 Å². The summed E-state index contributed by atoms with van der Waals surface area (Å²) in [5, 5.41) is 2.82. The van der Waals surface area contributed by atoms with Crippen LogP contribution >= 0.6 is 11.6 Å². The maximum absolute atomic E-state index is 13.9. The van der Waals surface area contributed by atoms with Gasteiger partial charge < -0.3 is 5.32 Å². The van der Waals surface area contributed by atoms with Crippen molar-refractivity contribution in [1.29, 1.82) is 0 Å². The zero-order valence-corrected chi connectivity index (χ0v) is 12.1. The fraction of sp³-hybridized carbons (Fsp3) is 0.250. The van der Waals surface area contributed by atoms with Crippen LogP contribution in [0.25, 0.3) is 0 Å². The van der Waals surface area contributed by atoms with Crippen molar-refractivity contribution in [2.75, 3.05) is 7.05 Å². The van der Waals surface area contributed by atoms with Crippen molar-refractivity contribution in [3.63, 3.8) is 0 Å². The molecule has 0 bridgehead atoms. The summed E-state index contributed by atoms with van der Waals surface area (Å²) in [6, 6.07) is 9.86. The summed E-state index contributed by atoms with van der Waals surface area (Å²) in [5.41, 5.74) is 2.51. The topological polar surface area (TPSA) is 12.0 Å². The highest BCUT2D eigenvalue weighted by Crippen LogP contribution is 2.26. The molecule has 1 nitrogen and oxygen atoms in total. The van der Waals surface area contributed by atoms with Crippen molar-refractivity contribution in [2.24, 2.45) is 0 Å². The summed E-state index contributed by atoms with van der Waals surface area (Å²) < 4.78 is 27.5. The maximum atomic E-state index is 13.9. The lowest BCUT2D eigenvalue weighted by atomic mass is 9.98. The molecule has 0 spiro atoms. The van der Waals surface area contributed by atoms with E-state index in [4.69, 9.17) is 11.6 Å². The Morgan fingerprint density at radius 1 is 1.10 bits per heavy atom. The Morgan fingerprint density at radius 2 is 1.75 bits per heavy atom.